The van der Waals surface area contributed by atoms with Gasteiger partial charge in [0, 0.05) is 33.7 Å². The molecule has 0 saturated carbocycles. The molecule has 1 unspecified atom stereocenters. The third kappa shape index (κ3) is 3.25. The van der Waals surface area contributed by atoms with Crippen LogP contribution in [-0.2, 0) is 0 Å². The number of aromatic nitrogens is 2. The predicted molar refractivity (Wildman–Crippen MR) is 149 cm³/mol. The van der Waals surface area contributed by atoms with Crippen LogP contribution in [0.5, 0.6) is 0 Å². The van der Waals surface area contributed by atoms with Crippen LogP contribution in [0.15, 0.2) is 121 Å². The summed E-state index contributed by atoms with van der Waals surface area (Å²) in [5.41, 5.74) is 8.69. The molecule has 168 valence electrons. The molecule has 7 rings (SSSR count). The monoisotopic (exact) mass is 450 g/mol. The van der Waals surface area contributed by atoms with Crippen molar-refractivity contribution in [2.75, 3.05) is 0 Å². The highest BCUT2D eigenvalue weighted by Crippen LogP contribution is 2.36. The zero-order valence-corrected chi connectivity index (χ0v) is 19.7. The van der Waals surface area contributed by atoms with Crippen LogP contribution >= 0.6 is 0 Å². The fourth-order valence-electron chi connectivity index (χ4n) is 5.45. The molecule has 0 aliphatic heterocycles. The summed E-state index contributed by atoms with van der Waals surface area (Å²) in [6.07, 6.45) is 10.2. The van der Waals surface area contributed by atoms with Crippen molar-refractivity contribution in [3.63, 3.8) is 0 Å². The Morgan fingerprint density at radius 3 is 2.26 bits per heavy atom. The van der Waals surface area contributed by atoms with Crippen LogP contribution in [0.2, 0.25) is 0 Å². The quantitative estimate of drug-likeness (QED) is 0.255. The third-order valence-electron chi connectivity index (χ3n) is 7.28. The lowest BCUT2D eigenvalue weighted by Crippen LogP contribution is -2.00. The van der Waals surface area contributed by atoms with Gasteiger partial charge in [0.2, 0.25) is 0 Å². The van der Waals surface area contributed by atoms with E-state index in [1.807, 2.05) is 0 Å². The molecule has 2 nitrogen and oxygen atoms in total. The molecular formula is C33H26N2. The standard InChI is InChI=1S/C33H26N2/c1-23-11-15-28(16-12-23)35-32-10-6-5-9-29(32)30-22-25(14-18-33(30)35)24-13-17-31-26(21-24)19-20-34(31)27-7-3-2-4-8-27/h2-11,13-23H,12H2,1H3. The fraction of sp³-hybridized carbons (Fsp3) is 0.0909. The molecular weight excluding hydrogens is 424 g/mol. The summed E-state index contributed by atoms with van der Waals surface area (Å²) in [6.45, 7) is 2.27. The summed E-state index contributed by atoms with van der Waals surface area (Å²) in [4.78, 5) is 0. The zero-order valence-electron chi connectivity index (χ0n) is 19.7. The second-order valence-corrected chi connectivity index (χ2v) is 9.58. The minimum Gasteiger partial charge on any atom is -0.317 e. The van der Waals surface area contributed by atoms with Crippen LogP contribution in [-0.4, -0.2) is 9.13 Å². The van der Waals surface area contributed by atoms with E-state index in [4.69, 9.17) is 0 Å². The molecule has 6 aromatic rings. The lowest BCUT2D eigenvalue weighted by atomic mass is 10.0. The molecule has 1 aliphatic carbocycles. The highest BCUT2D eigenvalue weighted by molar-refractivity contribution is 6.11. The highest BCUT2D eigenvalue weighted by Gasteiger charge is 2.15. The SMILES string of the molecule is CC1C=CC(n2c3ccccc3c3cc(-c4ccc5c(ccn5-c5ccccc5)c4)ccc32)=CC1. The van der Waals surface area contributed by atoms with E-state index < -0.39 is 0 Å². The van der Waals surface area contributed by atoms with Gasteiger partial charge in [-0.25, -0.2) is 0 Å². The van der Waals surface area contributed by atoms with E-state index in [1.54, 1.807) is 0 Å². The van der Waals surface area contributed by atoms with Gasteiger partial charge in [-0.05, 0) is 78.1 Å². The number of allylic oxidation sites excluding steroid dienone is 4. The van der Waals surface area contributed by atoms with Crippen LogP contribution in [0.4, 0.5) is 0 Å². The van der Waals surface area contributed by atoms with Crippen LogP contribution in [0.1, 0.15) is 13.3 Å². The minimum absolute atomic E-state index is 0.602. The summed E-state index contributed by atoms with van der Waals surface area (Å²) in [5, 5.41) is 3.85. The van der Waals surface area contributed by atoms with E-state index in [-0.39, 0.29) is 0 Å². The van der Waals surface area contributed by atoms with Crippen molar-refractivity contribution in [3.8, 4) is 16.8 Å². The molecule has 4 aromatic carbocycles. The first-order valence-electron chi connectivity index (χ1n) is 12.4. The largest absolute Gasteiger partial charge is 0.317 e. The average molecular weight is 451 g/mol. The lowest BCUT2D eigenvalue weighted by molar-refractivity contribution is 0.735. The summed E-state index contributed by atoms with van der Waals surface area (Å²) in [6, 6.07) is 35.2. The van der Waals surface area contributed by atoms with Crippen molar-refractivity contribution >= 4 is 38.4 Å². The van der Waals surface area contributed by atoms with Crippen LogP contribution < -0.4 is 0 Å². The Bertz CT molecular complexity index is 1780. The predicted octanol–water partition coefficient (Wildman–Crippen LogP) is 8.84. The molecule has 0 N–H and O–H groups in total. The Hall–Kier alpha value is -4.30. The molecule has 0 amide bonds. The van der Waals surface area contributed by atoms with Gasteiger partial charge < -0.3 is 9.13 Å². The number of rotatable bonds is 3. The molecule has 35 heavy (non-hydrogen) atoms. The van der Waals surface area contributed by atoms with Crippen LogP contribution in [0.25, 0.3) is 55.2 Å². The van der Waals surface area contributed by atoms with Crippen LogP contribution in [0, 0.1) is 5.92 Å². The molecule has 2 heterocycles. The first-order valence-corrected chi connectivity index (χ1v) is 12.4. The summed E-state index contributed by atoms with van der Waals surface area (Å²) in [5.74, 6) is 0.602. The molecule has 0 fully saturated rings. The van der Waals surface area contributed by atoms with E-state index in [9.17, 15) is 0 Å². The minimum atomic E-state index is 0.602. The molecule has 0 spiro atoms. The second kappa shape index (κ2) is 7.89. The topological polar surface area (TPSA) is 9.86 Å². The highest BCUT2D eigenvalue weighted by atomic mass is 15.0. The number of nitrogens with zero attached hydrogens (tertiary/aromatic N) is 2. The Kier molecular flexibility index (Phi) is 4.53. The third-order valence-corrected chi connectivity index (χ3v) is 7.28. The van der Waals surface area contributed by atoms with Crippen molar-refractivity contribution in [2.24, 2.45) is 5.92 Å². The van der Waals surface area contributed by atoms with E-state index in [2.05, 4.69) is 138 Å². The first-order chi connectivity index (χ1) is 17.3. The number of hydrogen-bond donors (Lipinski definition) is 0. The van der Waals surface area contributed by atoms with Crippen molar-refractivity contribution in [1.29, 1.82) is 0 Å². The molecule has 2 aromatic heterocycles. The van der Waals surface area contributed by atoms with Gasteiger partial charge in [0.15, 0.2) is 0 Å². The fourth-order valence-corrected chi connectivity index (χ4v) is 5.45. The smallest absolute Gasteiger partial charge is 0.0541 e. The number of benzene rings is 4. The lowest BCUT2D eigenvalue weighted by Gasteiger charge is -2.15. The van der Waals surface area contributed by atoms with Crippen molar-refractivity contribution in [3.05, 3.63) is 121 Å². The number of hydrogen-bond acceptors (Lipinski definition) is 0. The van der Waals surface area contributed by atoms with Gasteiger partial charge in [-0.2, -0.15) is 0 Å². The summed E-state index contributed by atoms with van der Waals surface area (Å²) >= 11 is 0. The number of fused-ring (bicyclic) bond motifs is 4. The Morgan fingerprint density at radius 1 is 0.686 bits per heavy atom. The van der Waals surface area contributed by atoms with E-state index in [0.29, 0.717) is 5.92 Å². The van der Waals surface area contributed by atoms with Gasteiger partial charge in [0.05, 0.1) is 16.6 Å². The maximum Gasteiger partial charge on any atom is 0.0541 e. The molecule has 1 aliphatic rings. The van der Waals surface area contributed by atoms with E-state index in [0.717, 1.165) is 6.42 Å². The van der Waals surface area contributed by atoms with E-state index >= 15 is 0 Å². The molecule has 0 bridgehead atoms. The normalized spacial score (nSPS) is 15.8. The summed E-state index contributed by atoms with van der Waals surface area (Å²) < 4.78 is 4.67. The van der Waals surface area contributed by atoms with Gasteiger partial charge in [-0.3, -0.25) is 0 Å². The molecule has 1 atom stereocenters. The zero-order chi connectivity index (χ0) is 23.4. The maximum absolute atomic E-state index is 2.42. The summed E-state index contributed by atoms with van der Waals surface area (Å²) in [7, 11) is 0. The maximum atomic E-state index is 2.42. The Labute approximate surface area is 205 Å². The molecule has 0 saturated heterocycles. The Balaban J connectivity index is 1.37. The molecule has 0 radical (unpaired) electrons. The van der Waals surface area contributed by atoms with Crippen LogP contribution in [0.3, 0.4) is 0 Å². The van der Waals surface area contributed by atoms with E-state index in [1.165, 1.54) is 55.2 Å². The average Bonchev–Trinajstić information content (AvgIpc) is 3.48. The van der Waals surface area contributed by atoms with Gasteiger partial charge in [-0.15, -0.1) is 0 Å². The number of para-hydroxylation sites is 2. The van der Waals surface area contributed by atoms with Gasteiger partial charge in [0.1, 0.15) is 0 Å². The second-order valence-electron chi connectivity index (χ2n) is 9.58. The van der Waals surface area contributed by atoms with Gasteiger partial charge >= 0.3 is 0 Å². The van der Waals surface area contributed by atoms with Crippen molar-refractivity contribution in [1.82, 2.24) is 9.13 Å². The van der Waals surface area contributed by atoms with Gasteiger partial charge in [0.25, 0.3) is 0 Å². The van der Waals surface area contributed by atoms with Gasteiger partial charge in [-0.1, -0.05) is 67.6 Å². The molecule has 2 heteroatoms. The van der Waals surface area contributed by atoms with Crippen molar-refractivity contribution < 1.29 is 0 Å². The Morgan fingerprint density at radius 2 is 1.43 bits per heavy atom. The van der Waals surface area contributed by atoms with Crippen molar-refractivity contribution in [2.45, 2.75) is 13.3 Å². The first kappa shape index (κ1) is 20.1.